The van der Waals surface area contributed by atoms with Gasteiger partial charge in [0.15, 0.2) is 5.82 Å². The van der Waals surface area contributed by atoms with Crippen LogP contribution in [-0.4, -0.2) is 27.0 Å². The Morgan fingerprint density at radius 3 is 2.86 bits per heavy atom. The van der Waals surface area contributed by atoms with Gasteiger partial charge in [0.2, 0.25) is 5.89 Å². The number of nitrogens with zero attached hydrogens (tertiary/aromatic N) is 2. The molecule has 1 aromatic heterocycles. The van der Waals surface area contributed by atoms with Crippen LogP contribution in [0, 0.1) is 17.8 Å². The Morgan fingerprint density at radius 1 is 1.48 bits per heavy atom. The monoisotopic (exact) mass is 312 g/mol. The summed E-state index contributed by atoms with van der Waals surface area (Å²) in [6.07, 6.45) is 2.57. The minimum absolute atomic E-state index is 0.121. The molecule has 118 valence electrons. The topological polar surface area (TPSA) is 76.2 Å². The zero-order valence-electron chi connectivity index (χ0n) is 12.9. The lowest BCUT2D eigenvalue weighted by Crippen LogP contribution is -2.17. The fraction of sp³-hybridized carbons (Fsp3) is 0.800. The Labute approximate surface area is 129 Å². The zero-order valence-corrected chi connectivity index (χ0v) is 13.7. The van der Waals surface area contributed by atoms with Gasteiger partial charge in [0, 0.05) is 0 Å². The molecule has 0 spiro atoms. The van der Waals surface area contributed by atoms with Crippen LogP contribution in [0.1, 0.15) is 57.7 Å². The second-order valence-electron chi connectivity index (χ2n) is 6.25. The normalized spacial score (nSPS) is 25.6. The molecule has 0 amide bonds. The molecular weight excluding hydrogens is 288 g/mol. The van der Waals surface area contributed by atoms with Gasteiger partial charge >= 0.3 is 5.97 Å². The lowest BCUT2D eigenvalue weighted by molar-refractivity contribution is -0.142. The van der Waals surface area contributed by atoms with Crippen molar-refractivity contribution in [1.29, 1.82) is 0 Å². The average Bonchev–Trinajstić information content (AvgIpc) is 3.03. The minimum Gasteiger partial charge on any atom is -0.481 e. The highest BCUT2D eigenvalue weighted by molar-refractivity contribution is 7.98. The quantitative estimate of drug-likeness (QED) is 0.829. The van der Waals surface area contributed by atoms with Crippen LogP contribution in [0.5, 0.6) is 0 Å². The van der Waals surface area contributed by atoms with Gasteiger partial charge in [0.1, 0.15) is 0 Å². The van der Waals surface area contributed by atoms with E-state index < -0.39 is 5.97 Å². The van der Waals surface area contributed by atoms with Crippen LogP contribution in [0.4, 0.5) is 0 Å². The first-order valence-corrected chi connectivity index (χ1v) is 8.79. The van der Waals surface area contributed by atoms with E-state index in [9.17, 15) is 9.90 Å². The summed E-state index contributed by atoms with van der Waals surface area (Å²) < 4.78 is 5.34. The van der Waals surface area contributed by atoms with Gasteiger partial charge in [-0.05, 0) is 30.4 Å². The molecule has 3 atom stereocenters. The third-order valence-corrected chi connectivity index (χ3v) is 5.40. The number of hydrogen-bond acceptors (Lipinski definition) is 5. The summed E-state index contributed by atoms with van der Waals surface area (Å²) in [7, 11) is 0. The molecule has 6 heteroatoms. The van der Waals surface area contributed by atoms with Crippen molar-refractivity contribution in [2.75, 3.05) is 5.75 Å². The summed E-state index contributed by atoms with van der Waals surface area (Å²) in [5, 5.41) is 13.4. The van der Waals surface area contributed by atoms with E-state index in [4.69, 9.17) is 4.52 Å². The number of carboxylic acids is 1. The number of aliphatic carboxylic acids is 1. The molecular formula is C15H24N2O3S. The largest absolute Gasteiger partial charge is 0.481 e. The number of carboxylic acid groups (broad SMARTS) is 1. The van der Waals surface area contributed by atoms with Gasteiger partial charge in [-0.15, -0.1) is 0 Å². The van der Waals surface area contributed by atoms with Crippen LogP contribution >= 0.6 is 11.8 Å². The Hall–Kier alpha value is -1.04. The van der Waals surface area contributed by atoms with Crippen LogP contribution in [0.2, 0.25) is 0 Å². The highest BCUT2D eigenvalue weighted by atomic mass is 32.2. The molecule has 0 aromatic carbocycles. The molecule has 1 aromatic rings. The van der Waals surface area contributed by atoms with E-state index >= 15 is 0 Å². The van der Waals surface area contributed by atoms with Gasteiger partial charge in [-0.1, -0.05) is 32.3 Å². The molecule has 1 saturated carbocycles. The van der Waals surface area contributed by atoms with Crippen LogP contribution < -0.4 is 0 Å². The molecule has 0 saturated heterocycles. The molecule has 0 bridgehead atoms. The van der Waals surface area contributed by atoms with Crippen molar-refractivity contribution in [2.24, 2.45) is 17.8 Å². The maximum Gasteiger partial charge on any atom is 0.307 e. The summed E-state index contributed by atoms with van der Waals surface area (Å²) in [4.78, 5) is 15.8. The predicted octanol–water partition coefficient (Wildman–Crippen LogP) is 3.56. The molecule has 1 fully saturated rings. The fourth-order valence-corrected chi connectivity index (χ4v) is 3.77. The minimum atomic E-state index is -0.745. The van der Waals surface area contributed by atoms with Crippen molar-refractivity contribution in [1.82, 2.24) is 10.1 Å². The SMILES string of the molecule is CCC1CC(C(=O)O)C(c2nc(CSCC(C)C)no2)C1. The van der Waals surface area contributed by atoms with Gasteiger partial charge in [0.05, 0.1) is 17.6 Å². The van der Waals surface area contributed by atoms with E-state index in [1.54, 1.807) is 11.8 Å². The summed E-state index contributed by atoms with van der Waals surface area (Å²) in [5.74, 6) is 2.81. The van der Waals surface area contributed by atoms with Gasteiger partial charge in [0.25, 0.3) is 0 Å². The lowest BCUT2D eigenvalue weighted by Gasteiger charge is -2.09. The van der Waals surface area contributed by atoms with E-state index in [0.717, 1.165) is 30.8 Å². The molecule has 21 heavy (non-hydrogen) atoms. The second kappa shape index (κ2) is 7.29. The van der Waals surface area contributed by atoms with Crippen LogP contribution in [0.25, 0.3) is 0 Å². The van der Waals surface area contributed by atoms with E-state index in [2.05, 4.69) is 30.9 Å². The molecule has 3 unspecified atom stereocenters. The standard InChI is InChI=1S/C15H24N2O3S/c1-4-10-5-11(12(6-10)15(18)19)14-16-13(17-20-14)8-21-7-9(2)3/h9-12H,4-8H2,1-3H3,(H,18,19). The van der Waals surface area contributed by atoms with Crippen molar-refractivity contribution in [2.45, 2.75) is 51.7 Å². The number of aromatic nitrogens is 2. The molecule has 0 radical (unpaired) electrons. The maximum absolute atomic E-state index is 11.4. The zero-order chi connectivity index (χ0) is 15.4. The van der Waals surface area contributed by atoms with E-state index in [1.807, 2.05) is 0 Å². The van der Waals surface area contributed by atoms with Crippen molar-refractivity contribution in [3.63, 3.8) is 0 Å². The van der Waals surface area contributed by atoms with Crippen molar-refractivity contribution in [3.05, 3.63) is 11.7 Å². The van der Waals surface area contributed by atoms with Crippen molar-refractivity contribution < 1.29 is 14.4 Å². The Morgan fingerprint density at radius 2 is 2.24 bits per heavy atom. The first kappa shape index (κ1) is 16.3. The van der Waals surface area contributed by atoms with E-state index in [1.165, 1.54) is 0 Å². The molecule has 1 N–H and O–H groups in total. The first-order chi connectivity index (χ1) is 10.0. The van der Waals surface area contributed by atoms with Crippen LogP contribution in [0.15, 0.2) is 4.52 Å². The van der Waals surface area contributed by atoms with Gasteiger partial charge in [-0.2, -0.15) is 16.7 Å². The van der Waals surface area contributed by atoms with E-state index in [0.29, 0.717) is 23.6 Å². The fourth-order valence-electron chi connectivity index (χ4n) is 2.88. The van der Waals surface area contributed by atoms with E-state index in [-0.39, 0.29) is 11.8 Å². The maximum atomic E-state index is 11.4. The van der Waals surface area contributed by atoms with Gasteiger partial charge in [-0.25, -0.2) is 0 Å². The third kappa shape index (κ3) is 4.22. The predicted molar refractivity (Wildman–Crippen MR) is 82.2 cm³/mol. The number of rotatable bonds is 7. The highest BCUT2D eigenvalue weighted by Gasteiger charge is 2.41. The molecule has 2 rings (SSSR count). The first-order valence-electron chi connectivity index (χ1n) is 7.64. The molecule has 1 aliphatic carbocycles. The average molecular weight is 312 g/mol. The number of hydrogen-bond donors (Lipinski definition) is 1. The van der Waals surface area contributed by atoms with Crippen LogP contribution in [-0.2, 0) is 10.5 Å². The number of carbonyl (C=O) groups is 1. The lowest BCUT2D eigenvalue weighted by atomic mass is 9.96. The molecule has 1 heterocycles. The Bertz CT molecular complexity index is 475. The highest BCUT2D eigenvalue weighted by Crippen LogP contribution is 2.44. The van der Waals surface area contributed by atoms with Gasteiger partial charge < -0.3 is 9.63 Å². The summed E-state index contributed by atoms with van der Waals surface area (Å²) >= 11 is 1.78. The van der Waals surface area contributed by atoms with Gasteiger partial charge in [-0.3, -0.25) is 4.79 Å². The Balaban J connectivity index is 2.00. The smallest absolute Gasteiger partial charge is 0.307 e. The third-order valence-electron chi connectivity index (χ3n) is 4.04. The number of thioether (sulfide) groups is 1. The summed E-state index contributed by atoms with van der Waals surface area (Å²) in [5.41, 5.74) is 0. The molecule has 5 nitrogen and oxygen atoms in total. The summed E-state index contributed by atoms with van der Waals surface area (Å²) in [6.45, 7) is 6.46. The molecule has 1 aliphatic rings. The second-order valence-corrected chi connectivity index (χ2v) is 7.28. The van der Waals surface area contributed by atoms with Crippen LogP contribution in [0.3, 0.4) is 0 Å². The summed E-state index contributed by atoms with van der Waals surface area (Å²) in [6, 6.07) is 0. The molecule has 0 aliphatic heterocycles. The van der Waals surface area contributed by atoms with Crippen molar-refractivity contribution in [3.8, 4) is 0 Å². The Kier molecular flexibility index (Phi) is 5.67. The van der Waals surface area contributed by atoms with Crippen molar-refractivity contribution >= 4 is 17.7 Å².